The number of aromatic nitrogens is 7. The second-order valence-corrected chi connectivity index (χ2v) is 7.05. The number of rotatable bonds is 7. The molecule has 3 rings (SSSR count). The maximum Gasteiger partial charge on any atom is 0.343 e. The number of aryl methyl sites for hydroxylation is 2. The van der Waals surface area contributed by atoms with Crippen LogP contribution in [0.4, 0.5) is 0 Å². The third kappa shape index (κ3) is 3.14. The second-order valence-electron chi connectivity index (χ2n) is 5.99. The molecule has 0 aliphatic carbocycles. The number of hydrogen-bond acceptors (Lipinski definition) is 6. The minimum Gasteiger partial charge on any atom is -0.328 e. The van der Waals surface area contributed by atoms with E-state index in [4.69, 9.17) is 0 Å². The Balaban J connectivity index is 1.75. The van der Waals surface area contributed by atoms with Crippen molar-refractivity contribution in [3.63, 3.8) is 0 Å². The largest absolute Gasteiger partial charge is 0.343 e. The van der Waals surface area contributed by atoms with Crippen LogP contribution >= 0.6 is 11.8 Å². The van der Waals surface area contributed by atoms with Crippen molar-refractivity contribution >= 4 is 22.9 Å². The summed E-state index contributed by atoms with van der Waals surface area (Å²) in [6, 6.07) is 0. The zero-order valence-electron chi connectivity index (χ0n) is 14.9. The number of nitrogens with one attached hydrogen (secondary N) is 1. The lowest BCUT2D eigenvalue weighted by molar-refractivity contribution is 0.590. The quantitative estimate of drug-likeness (QED) is 0.453. The molecule has 0 unspecified atom stereocenters. The summed E-state index contributed by atoms with van der Waals surface area (Å²) >= 11 is 1.43. The fourth-order valence-electron chi connectivity index (χ4n) is 2.81. The minimum atomic E-state index is -0.381. The van der Waals surface area contributed by atoms with Gasteiger partial charge in [-0.25, -0.2) is 19.7 Å². The average Bonchev–Trinajstić information content (AvgIpc) is 3.17. The summed E-state index contributed by atoms with van der Waals surface area (Å²) in [5.41, 5.74) is -0.150. The molecule has 0 bridgehead atoms. The van der Waals surface area contributed by atoms with Gasteiger partial charge >= 0.3 is 11.4 Å². The van der Waals surface area contributed by atoms with Crippen molar-refractivity contribution < 1.29 is 0 Å². The Labute approximate surface area is 152 Å². The fraction of sp³-hybridized carbons (Fsp3) is 0.533. The molecule has 0 saturated heterocycles. The van der Waals surface area contributed by atoms with Crippen LogP contribution in [-0.4, -0.2) is 39.2 Å². The molecule has 0 amide bonds. The van der Waals surface area contributed by atoms with E-state index < -0.39 is 0 Å². The molecular weight excluding hydrogens is 358 g/mol. The maximum absolute atomic E-state index is 12.6. The molecular formula is C15H21N7O3S. The Kier molecular flexibility index (Phi) is 5.16. The third-order valence-electron chi connectivity index (χ3n) is 4.13. The molecule has 3 aromatic rings. The topological polar surface area (TPSA) is 112 Å². The van der Waals surface area contributed by atoms with Gasteiger partial charge in [0.1, 0.15) is 0 Å². The summed E-state index contributed by atoms with van der Waals surface area (Å²) in [5, 5.41) is 7.09. The monoisotopic (exact) mass is 379 g/mol. The summed E-state index contributed by atoms with van der Waals surface area (Å²) in [4.78, 5) is 40.8. The second kappa shape index (κ2) is 7.36. The van der Waals surface area contributed by atoms with E-state index in [9.17, 15) is 14.4 Å². The van der Waals surface area contributed by atoms with Gasteiger partial charge in [0.15, 0.2) is 16.3 Å². The van der Waals surface area contributed by atoms with Gasteiger partial charge in [-0.15, -0.1) is 5.10 Å². The lowest BCUT2D eigenvalue weighted by Gasteiger charge is -2.08. The first-order valence-corrected chi connectivity index (χ1v) is 9.33. The van der Waals surface area contributed by atoms with Crippen molar-refractivity contribution in [2.45, 2.75) is 38.0 Å². The van der Waals surface area contributed by atoms with Gasteiger partial charge in [-0.2, -0.15) is 0 Å². The highest BCUT2D eigenvalue weighted by molar-refractivity contribution is 7.99. The van der Waals surface area contributed by atoms with Gasteiger partial charge in [-0.1, -0.05) is 18.7 Å². The number of H-pyrrole nitrogens is 1. The summed E-state index contributed by atoms with van der Waals surface area (Å²) in [6.45, 7) is 2.89. The standard InChI is InChI=1S/C15H21N7O3S/c1-4-6-22-13(24)17-18-14(22)26-8-5-7-21-12(23)10-11(16-9-19(10)2)20(3)15(21)25/h9H,4-8H2,1-3H3,(H,17,24). The van der Waals surface area contributed by atoms with E-state index in [-0.39, 0.29) is 16.9 Å². The highest BCUT2D eigenvalue weighted by Crippen LogP contribution is 2.14. The van der Waals surface area contributed by atoms with E-state index in [1.807, 2.05) is 6.92 Å². The predicted molar refractivity (Wildman–Crippen MR) is 98.7 cm³/mol. The van der Waals surface area contributed by atoms with Crippen LogP contribution in [0.3, 0.4) is 0 Å². The minimum absolute atomic E-state index is 0.221. The lowest BCUT2D eigenvalue weighted by Crippen LogP contribution is -2.39. The van der Waals surface area contributed by atoms with Crippen LogP contribution in [-0.2, 0) is 27.2 Å². The molecule has 1 N–H and O–H groups in total. The molecule has 140 valence electrons. The summed E-state index contributed by atoms with van der Waals surface area (Å²) in [6.07, 6.45) is 2.95. The van der Waals surface area contributed by atoms with E-state index in [1.165, 1.54) is 27.2 Å². The van der Waals surface area contributed by atoms with Crippen molar-refractivity contribution in [1.29, 1.82) is 0 Å². The molecule has 0 aliphatic rings. The van der Waals surface area contributed by atoms with E-state index in [1.54, 1.807) is 23.2 Å². The van der Waals surface area contributed by atoms with Crippen LogP contribution in [0.15, 0.2) is 25.9 Å². The highest BCUT2D eigenvalue weighted by Gasteiger charge is 2.15. The average molecular weight is 379 g/mol. The Hall–Kier alpha value is -2.56. The van der Waals surface area contributed by atoms with Crippen LogP contribution in [0.2, 0.25) is 0 Å². The Morgan fingerprint density at radius 3 is 2.65 bits per heavy atom. The lowest BCUT2D eigenvalue weighted by atomic mass is 10.4. The smallest absolute Gasteiger partial charge is 0.328 e. The summed E-state index contributed by atoms with van der Waals surface area (Å²) in [5.74, 6) is 0.632. The van der Waals surface area contributed by atoms with Crippen LogP contribution in [0.1, 0.15) is 19.8 Å². The molecule has 26 heavy (non-hydrogen) atoms. The molecule has 3 heterocycles. The van der Waals surface area contributed by atoms with Gasteiger partial charge in [0.25, 0.3) is 5.56 Å². The molecule has 11 heteroatoms. The van der Waals surface area contributed by atoms with Gasteiger partial charge in [-0.3, -0.25) is 18.5 Å². The van der Waals surface area contributed by atoms with Crippen molar-refractivity contribution in [3.05, 3.63) is 37.6 Å². The molecule has 0 aromatic carbocycles. The van der Waals surface area contributed by atoms with E-state index in [0.29, 0.717) is 41.6 Å². The highest BCUT2D eigenvalue weighted by atomic mass is 32.2. The first-order chi connectivity index (χ1) is 12.5. The van der Waals surface area contributed by atoms with Gasteiger partial charge < -0.3 is 4.57 Å². The van der Waals surface area contributed by atoms with Crippen LogP contribution in [0, 0.1) is 0 Å². The molecule has 0 atom stereocenters. The zero-order valence-corrected chi connectivity index (χ0v) is 15.7. The molecule has 0 radical (unpaired) electrons. The molecule has 0 fully saturated rings. The Morgan fingerprint density at radius 2 is 1.92 bits per heavy atom. The van der Waals surface area contributed by atoms with Crippen molar-refractivity contribution in [2.24, 2.45) is 14.1 Å². The van der Waals surface area contributed by atoms with Crippen LogP contribution < -0.4 is 16.9 Å². The molecule has 0 spiro atoms. The van der Waals surface area contributed by atoms with Gasteiger partial charge in [0, 0.05) is 32.9 Å². The number of hydrogen-bond donors (Lipinski definition) is 1. The van der Waals surface area contributed by atoms with E-state index in [2.05, 4.69) is 15.2 Å². The number of nitrogens with zero attached hydrogens (tertiary/aromatic N) is 6. The van der Waals surface area contributed by atoms with Crippen LogP contribution in [0.5, 0.6) is 0 Å². The third-order valence-corrected chi connectivity index (χ3v) is 5.19. The number of fused-ring (bicyclic) bond motifs is 1. The molecule has 0 saturated carbocycles. The SMILES string of the molecule is CCCn1c(SCCCn2c(=O)c3c(ncn3C)n(C)c2=O)n[nH]c1=O. The first kappa shape index (κ1) is 18.2. The van der Waals surface area contributed by atoms with Crippen molar-refractivity contribution in [1.82, 2.24) is 33.4 Å². The maximum atomic E-state index is 12.6. The van der Waals surface area contributed by atoms with E-state index >= 15 is 0 Å². The molecule has 10 nitrogen and oxygen atoms in total. The Bertz CT molecular complexity index is 1100. The van der Waals surface area contributed by atoms with Gasteiger partial charge in [0.2, 0.25) is 0 Å². The normalized spacial score (nSPS) is 11.5. The van der Waals surface area contributed by atoms with Crippen LogP contribution in [0.25, 0.3) is 11.2 Å². The van der Waals surface area contributed by atoms with Gasteiger partial charge in [-0.05, 0) is 12.8 Å². The fourth-order valence-corrected chi connectivity index (χ4v) is 3.71. The zero-order chi connectivity index (χ0) is 18.8. The molecule has 0 aliphatic heterocycles. The van der Waals surface area contributed by atoms with Gasteiger partial charge in [0.05, 0.1) is 6.33 Å². The van der Waals surface area contributed by atoms with Crippen molar-refractivity contribution in [3.8, 4) is 0 Å². The predicted octanol–water partition coefficient (Wildman–Crippen LogP) is -0.0891. The molecule has 3 aromatic heterocycles. The van der Waals surface area contributed by atoms with E-state index in [0.717, 1.165) is 6.42 Å². The summed E-state index contributed by atoms with van der Waals surface area (Å²) in [7, 11) is 3.33. The first-order valence-electron chi connectivity index (χ1n) is 8.34. The number of imidazole rings is 1. The Morgan fingerprint density at radius 1 is 1.15 bits per heavy atom. The number of aromatic amines is 1. The van der Waals surface area contributed by atoms with Crippen molar-refractivity contribution in [2.75, 3.05) is 5.75 Å². The summed E-state index contributed by atoms with van der Waals surface area (Å²) < 4.78 is 5.83. The number of thioether (sulfide) groups is 1.